The van der Waals surface area contributed by atoms with Gasteiger partial charge < -0.3 is 10.6 Å². The molecule has 2 N–H and O–H groups in total. The van der Waals surface area contributed by atoms with Gasteiger partial charge in [0.05, 0.1) is 27.9 Å². The molecule has 2 atom stereocenters. The van der Waals surface area contributed by atoms with Crippen LogP contribution in [-0.4, -0.2) is 10.7 Å². The van der Waals surface area contributed by atoms with E-state index in [2.05, 4.69) is 10.6 Å². The molecule has 1 aliphatic heterocycles. The van der Waals surface area contributed by atoms with Crippen LogP contribution in [0.25, 0.3) is 0 Å². The first kappa shape index (κ1) is 20.3. The summed E-state index contributed by atoms with van der Waals surface area (Å²) >= 11 is 6.04. The van der Waals surface area contributed by atoms with Gasteiger partial charge in [-0.3, -0.25) is 14.9 Å². The number of Topliss-reactive ketones (excluding diaryl/α,β-unsaturated/α-hetero) is 1. The lowest BCUT2D eigenvalue weighted by Gasteiger charge is -2.29. The van der Waals surface area contributed by atoms with E-state index in [1.807, 2.05) is 48.5 Å². The maximum atomic E-state index is 13.5. The Morgan fingerprint density at radius 1 is 0.906 bits per heavy atom. The van der Waals surface area contributed by atoms with Crippen LogP contribution in [0.5, 0.6) is 0 Å². The number of fused-ring (bicyclic) bond motifs is 1. The summed E-state index contributed by atoms with van der Waals surface area (Å²) in [5.74, 6) is -0.0233. The SMILES string of the molecule is O=C1C[C@@H](c2ccc(Cl)cc2)CC2=C1[C@@H](c1ccccc1[N+](=O)[O-])Nc1ccccc1N2. The van der Waals surface area contributed by atoms with E-state index >= 15 is 0 Å². The van der Waals surface area contributed by atoms with Crippen LogP contribution in [-0.2, 0) is 4.79 Å². The molecule has 0 amide bonds. The fourth-order valence-electron chi connectivity index (χ4n) is 4.59. The lowest BCUT2D eigenvalue weighted by Crippen LogP contribution is -2.27. The van der Waals surface area contributed by atoms with Crippen molar-refractivity contribution in [3.05, 3.63) is 110 Å². The largest absolute Gasteiger partial charge is 0.372 e. The first-order valence-electron chi connectivity index (χ1n) is 10.4. The monoisotopic (exact) mass is 445 g/mol. The second-order valence-corrected chi connectivity index (χ2v) is 8.47. The van der Waals surface area contributed by atoms with Crippen LogP contribution in [0.4, 0.5) is 17.1 Å². The molecule has 0 radical (unpaired) electrons. The molecule has 3 aromatic rings. The second-order valence-electron chi connectivity index (χ2n) is 8.04. The van der Waals surface area contributed by atoms with E-state index in [1.165, 1.54) is 6.07 Å². The molecule has 0 spiro atoms. The molecule has 32 heavy (non-hydrogen) atoms. The number of hydrogen-bond acceptors (Lipinski definition) is 5. The first-order chi connectivity index (χ1) is 15.5. The smallest absolute Gasteiger partial charge is 0.275 e. The Hall–Kier alpha value is -3.64. The number of benzene rings is 3. The van der Waals surface area contributed by atoms with Gasteiger partial charge >= 0.3 is 0 Å². The van der Waals surface area contributed by atoms with Crippen LogP contribution < -0.4 is 10.6 Å². The molecule has 2 aliphatic rings. The van der Waals surface area contributed by atoms with Gasteiger partial charge in [-0.1, -0.05) is 48.0 Å². The van der Waals surface area contributed by atoms with Crippen molar-refractivity contribution >= 4 is 34.4 Å². The number of ketones is 1. The number of rotatable bonds is 3. The fourth-order valence-corrected chi connectivity index (χ4v) is 4.72. The number of hydrogen-bond donors (Lipinski definition) is 2. The Labute approximate surface area is 190 Å². The van der Waals surface area contributed by atoms with Crippen LogP contribution in [0.15, 0.2) is 84.1 Å². The molecule has 0 fully saturated rings. The van der Waals surface area contributed by atoms with Crippen LogP contribution in [0.1, 0.15) is 35.9 Å². The number of nitro groups is 1. The minimum absolute atomic E-state index is 0.00249. The highest BCUT2D eigenvalue weighted by Crippen LogP contribution is 2.45. The molecule has 0 saturated heterocycles. The van der Waals surface area contributed by atoms with E-state index in [0.29, 0.717) is 29.0 Å². The number of halogens is 1. The minimum Gasteiger partial charge on any atom is -0.372 e. The van der Waals surface area contributed by atoms with Crippen molar-refractivity contribution in [2.75, 3.05) is 10.6 Å². The van der Waals surface area contributed by atoms with Gasteiger partial charge in [0, 0.05) is 28.8 Å². The Balaban J connectivity index is 1.64. The molecule has 160 valence electrons. The van der Waals surface area contributed by atoms with Crippen molar-refractivity contribution in [2.45, 2.75) is 24.8 Å². The van der Waals surface area contributed by atoms with E-state index in [1.54, 1.807) is 18.2 Å². The van der Waals surface area contributed by atoms with Gasteiger partial charge in [0.15, 0.2) is 5.78 Å². The number of para-hydroxylation sites is 3. The quantitative estimate of drug-likeness (QED) is 0.369. The number of carbonyl (C=O) groups excluding carboxylic acids is 1. The van der Waals surface area contributed by atoms with Gasteiger partial charge in [0.2, 0.25) is 0 Å². The van der Waals surface area contributed by atoms with Crippen molar-refractivity contribution in [3.63, 3.8) is 0 Å². The van der Waals surface area contributed by atoms with E-state index in [4.69, 9.17) is 11.6 Å². The van der Waals surface area contributed by atoms with Crippen molar-refractivity contribution in [1.29, 1.82) is 0 Å². The molecular formula is C25H20ClN3O3. The van der Waals surface area contributed by atoms with Crippen molar-refractivity contribution in [1.82, 2.24) is 0 Å². The predicted octanol–water partition coefficient (Wildman–Crippen LogP) is 6.23. The summed E-state index contributed by atoms with van der Waals surface area (Å²) in [6.45, 7) is 0. The zero-order valence-corrected chi connectivity index (χ0v) is 17.8. The highest BCUT2D eigenvalue weighted by Gasteiger charge is 2.38. The topological polar surface area (TPSA) is 84.3 Å². The number of carbonyl (C=O) groups is 1. The zero-order valence-electron chi connectivity index (χ0n) is 17.0. The lowest BCUT2D eigenvalue weighted by molar-refractivity contribution is -0.385. The molecule has 3 aromatic carbocycles. The normalized spacial score (nSPS) is 19.8. The summed E-state index contributed by atoms with van der Waals surface area (Å²) in [4.78, 5) is 24.9. The molecule has 0 unspecified atom stereocenters. The Morgan fingerprint density at radius 2 is 1.59 bits per heavy atom. The van der Waals surface area contributed by atoms with Crippen LogP contribution in [0.2, 0.25) is 5.02 Å². The van der Waals surface area contributed by atoms with Gasteiger partial charge in [-0.2, -0.15) is 0 Å². The molecule has 5 rings (SSSR count). The average Bonchev–Trinajstić information content (AvgIpc) is 2.96. The summed E-state index contributed by atoms with van der Waals surface area (Å²) in [5, 5.41) is 19.3. The summed E-state index contributed by atoms with van der Waals surface area (Å²) in [7, 11) is 0. The maximum Gasteiger partial charge on any atom is 0.275 e. The molecular weight excluding hydrogens is 426 g/mol. The lowest BCUT2D eigenvalue weighted by atomic mass is 9.78. The number of nitro benzene ring substituents is 1. The number of nitrogens with one attached hydrogen (secondary N) is 2. The third-order valence-corrected chi connectivity index (χ3v) is 6.35. The molecule has 0 aromatic heterocycles. The standard InChI is InChI=1S/C25H20ClN3O3/c26-17-11-9-15(10-12-17)16-13-21-24(23(30)14-16)25(18-5-1-4-8-22(18)29(31)32)28-20-7-3-2-6-19(20)27-21/h1-12,16,25,27-28H,13-14H2/t16-,25+/m0/s1. The number of nitrogens with zero attached hydrogens (tertiary/aromatic N) is 1. The zero-order chi connectivity index (χ0) is 22.2. The molecule has 0 bridgehead atoms. The fraction of sp³-hybridized carbons (Fsp3) is 0.160. The van der Waals surface area contributed by atoms with Gasteiger partial charge in [-0.15, -0.1) is 0 Å². The third kappa shape index (κ3) is 3.63. The average molecular weight is 446 g/mol. The van der Waals surface area contributed by atoms with Gasteiger partial charge in [-0.05, 0) is 48.2 Å². The van der Waals surface area contributed by atoms with Crippen LogP contribution in [0.3, 0.4) is 0 Å². The summed E-state index contributed by atoms with van der Waals surface area (Å²) < 4.78 is 0. The van der Waals surface area contributed by atoms with Crippen LogP contribution >= 0.6 is 11.6 Å². The van der Waals surface area contributed by atoms with Gasteiger partial charge in [0.25, 0.3) is 5.69 Å². The van der Waals surface area contributed by atoms with E-state index in [0.717, 1.165) is 22.6 Å². The Bertz CT molecular complexity index is 1250. The number of anilines is 2. The predicted molar refractivity (Wildman–Crippen MR) is 125 cm³/mol. The third-order valence-electron chi connectivity index (χ3n) is 6.09. The van der Waals surface area contributed by atoms with Gasteiger partial charge in [-0.25, -0.2) is 0 Å². The molecule has 7 heteroatoms. The highest BCUT2D eigenvalue weighted by atomic mass is 35.5. The maximum absolute atomic E-state index is 13.5. The van der Waals surface area contributed by atoms with Crippen molar-refractivity contribution < 1.29 is 9.72 Å². The van der Waals surface area contributed by atoms with Crippen molar-refractivity contribution in [2.24, 2.45) is 0 Å². The molecule has 1 heterocycles. The van der Waals surface area contributed by atoms with Gasteiger partial charge in [0.1, 0.15) is 0 Å². The highest BCUT2D eigenvalue weighted by molar-refractivity contribution is 6.30. The molecule has 0 saturated carbocycles. The summed E-state index contributed by atoms with van der Waals surface area (Å²) in [5.41, 5.74) is 4.49. The van der Waals surface area contributed by atoms with E-state index in [9.17, 15) is 14.9 Å². The van der Waals surface area contributed by atoms with E-state index in [-0.39, 0.29) is 17.4 Å². The second kappa shape index (κ2) is 8.13. The number of allylic oxidation sites excluding steroid dienone is 1. The molecule has 1 aliphatic carbocycles. The van der Waals surface area contributed by atoms with Crippen molar-refractivity contribution in [3.8, 4) is 0 Å². The minimum atomic E-state index is -0.624. The first-order valence-corrected chi connectivity index (χ1v) is 10.8. The Morgan fingerprint density at radius 3 is 2.34 bits per heavy atom. The van der Waals surface area contributed by atoms with E-state index < -0.39 is 11.0 Å². The summed E-state index contributed by atoms with van der Waals surface area (Å²) in [6, 6.07) is 21.2. The molecule has 6 nitrogen and oxygen atoms in total. The Kier molecular flexibility index (Phi) is 5.15. The van der Waals surface area contributed by atoms with Crippen LogP contribution in [0, 0.1) is 10.1 Å². The summed E-state index contributed by atoms with van der Waals surface area (Å²) in [6.07, 6.45) is 0.952.